The highest BCUT2D eigenvalue weighted by molar-refractivity contribution is 8.19. The molecular formula is C25H29N3O2S2. The van der Waals surface area contributed by atoms with E-state index < -0.39 is 0 Å². The Hall–Kier alpha value is -2.38. The van der Waals surface area contributed by atoms with E-state index in [1.165, 1.54) is 11.8 Å². The third-order valence-corrected chi connectivity index (χ3v) is 8.00. The number of methoxy groups -OCH3 is 1. The van der Waals surface area contributed by atoms with E-state index in [1.807, 2.05) is 35.2 Å². The fourth-order valence-corrected chi connectivity index (χ4v) is 6.25. The van der Waals surface area contributed by atoms with Gasteiger partial charge in [0.25, 0.3) is 5.91 Å². The van der Waals surface area contributed by atoms with Crippen LogP contribution in [0.2, 0.25) is 0 Å². The van der Waals surface area contributed by atoms with E-state index in [9.17, 15) is 4.79 Å². The molecule has 1 amide bonds. The lowest BCUT2D eigenvalue weighted by Crippen LogP contribution is -2.31. The minimum absolute atomic E-state index is 0.0139. The molecular weight excluding hydrogens is 438 g/mol. The van der Waals surface area contributed by atoms with Gasteiger partial charge in [0.05, 0.1) is 18.8 Å². The van der Waals surface area contributed by atoms with Crippen molar-refractivity contribution in [3.05, 3.63) is 64.0 Å². The summed E-state index contributed by atoms with van der Waals surface area (Å²) >= 11 is 3.17. The molecule has 0 spiro atoms. The molecule has 1 atom stereocenters. The highest BCUT2D eigenvalue weighted by Crippen LogP contribution is 2.51. The fraction of sp³-hybridized carbons (Fsp3) is 0.360. The smallest absolute Gasteiger partial charge is 0.269 e. The first-order chi connectivity index (χ1) is 15.6. The number of amidine groups is 1. The van der Waals surface area contributed by atoms with Crippen LogP contribution in [0.3, 0.4) is 0 Å². The molecule has 7 heteroatoms. The average molecular weight is 468 g/mol. The summed E-state index contributed by atoms with van der Waals surface area (Å²) < 4.78 is 5.43. The van der Waals surface area contributed by atoms with Crippen LogP contribution in [-0.4, -0.2) is 36.2 Å². The van der Waals surface area contributed by atoms with Crippen molar-refractivity contribution in [3.8, 4) is 5.75 Å². The monoisotopic (exact) mass is 467 g/mol. The Morgan fingerprint density at radius 1 is 1.06 bits per heavy atom. The van der Waals surface area contributed by atoms with Gasteiger partial charge < -0.3 is 9.64 Å². The zero-order chi connectivity index (χ0) is 22.7. The van der Waals surface area contributed by atoms with Crippen molar-refractivity contribution in [2.45, 2.75) is 44.6 Å². The van der Waals surface area contributed by atoms with Crippen molar-refractivity contribution in [1.82, 2.24) is 4.90 Å². The topological polar surface area (TPSA) is 45.1 Å². The quantitative estimate of drug-likeness (QED) is 0.448. The second kappa shape index (κ2) is 10.0. The van der Waals surface area contributed by atoms with Gasteiger partial charge in [-0.05, 0) is 49.7 Å². The number of hydrogen-bond acceptors (Lipinski definition) is 6. The van der Waals surface area contributed by atoms with Crippen LogP contribution in [0.5, 0.6) is 5.75 Å². The molecule has 2 aromatic rings. The van der Waals surface area contributed by atoms with Crippen molar-refractivity contribution in [3.63, 3.8) is 0 Å². The molecule has 168 valence electrons. The minimum atomic E-state index is -0.0139. The first-order valence-electron chi connectivity index (χ1n) is 11.1. The average Bonchev–Trinajstić information content (AvgIpc) is 3.34. The Morgan fingerprint density at radius 2 is 1.84 bits per heavy atom. The van der Waals surface area contributed by atoms with Gasteiger partial charge >= 0.3 is 0 Å². The van der Waals surface area contributed by atoms with Gasteiger partial charge in [-0.2, -0.15) is 0 Å². The van der Waals surface area contributed by atoms with Crippen LogP contribution < -0.4 is 9.64 Å². The van der Waals surface area contributed by atoms with Crippen LogP contribution >= 0.6 is 23.5 Å². The normalized spacial score (nSPS) is 20.2. The van der Waals surface area contributed by atoms with E-state index in [2.05, 4.69) is 43.9 Å². The van der Waals surface area contributed by atoms with E-state index in [4.69, 9.17) is 9.73 Å². The minimum Gasteiger partial charge on any atom is -0.497 e. The molecule has 0 bridgehead atoms. The Bertz CT molecular complexity index is 1050. The maximum absolute atomic E-state index is 13.6. The first kappa shape index (κ1) is 22.8. The van der Waals surface area contributed by atoms with Crippen molar-refractivity contribution in [2.24, 2.45) is 4.99 Å². The first-order valence-corrected chi connectivity index (χ1v) is 12.7. The third kappa shape index (κ3) is 4.41. The molecule has 2 aromatic carbocycles. The van der Waals surface area contributed by atoms with E-state index in [-0.39, 0.29) is 11.9 Å². The molecule has 1 saturated heterocycles. The van der Waals surface area contributed by atoms with Crippen molar-refractivity contribution >= 4 is 40.3 Å². The predicted molar refractivity (Wildman–Crippen MR) is 135 cm³/mol. The number of benzene rings is 2. The maximum atomic E-state index is 13.6. The Balaban J connectivity index is 1.71. The number of nitrogens with zero attached hydrogens (tertiary/aromatic N) is 3. The van der Waals surface area contributed by atoms with E-state index in [0.717, 1.165) is 56.4 Å². The molecule has 0 N–H and O–H groups in total. The second-order valence-electron chi connectivity index (χ2n) is 7.72. The SMILES string of the molecule is CCCCN1C(=O)/C(=C2/Sc3ccc(OC)cc3N2CC)SC1=N[C@@H](C)c1ccccc1. The van der Waals surface area contributed by atoms with E-state index in [0.29, 0.717) is 6.54 Å². The third-order valence-electron chi connectivity index (χ3n) is 5.60. The molecule has 4 rings (SSSR count). The summed E-state index contributed by atoms with van der Waals surface area (Å²) in [4.78, 5) is 24.5. The lowest BCUT2D eigenvalue weighted by molar-refractivity contribution is -0.122. The Labute approximate surface area is 198 Å². The van der Waals surface area contributed by atoms with Gasteiger partial charge in [0.15, 0.2) is 5.17 Å². The van der Waals surface area contributed by atoms with Gasteiger partial charge in [-0.1, -0.05) is 55.4 Å². The summed E-state index contributed by atoms with van der Waals surface area (Å²) in [5.41, 5.74) is 2.24. The summed E-state index contributed by atoms with van der Waals surface area (Å²) in [6, 6.07) is 16.3. The highest BCUT2D eigenvalue weighted by Gasteiger charge is 2.39. The second-order valence-corrected chi connectivity index (χ2v) is 9.73. The van der Waals surface area contributed by atoms with E-state index >= 15 is 0 Å². The lowest BCUT2D eigenvalue weighted by atomic mass is 10.1. The molecule has 0 unspecified atom stereocenters. The Kier molecular flexibility index (Phi) is 7.16. The molecule has 0 aliphatic carbocycles. The van der Waals surface area contributed by atoms with Crippen molar-refractivity contribution in [2.75, 3.05) is 25.1 Å². The summed E-state index contributed by atoms with van der Waals surface area (Å²) in [6.45, 7) is 7.81. The van der Waals surface area contributed by atoms with Crippen LogP contribution in [0.4, 0.5) is 5.69 Å². The molecule has 1 fully saturated rings. The van der Waals surface area contributed by atoms with Crippen LogP contribution in [0, 0.1) is 0 Å². The molecule has 2 aliphatic rings. The van der Waals surface area contributed by atoms with Crippen molar-refractivity contribution < 1.29 is 9.53 Å². The summed E-state index contributed by atoms with van der Waals surface area (Å²) in [7, 11) is 1.68. The van der Waals surface area contributed by atoms with Crippen LogP contribution in [-0.2, 0) is 4.79 Å². The number of amides is 1. The zero-order valence-corrected chi connectivity index (χ0v) is 20.6. The number of aliphatic imine (C=N–C) groups is 1. The number of ether oxygens (including phenoxy) is 1. The number of fused-ring (bicyclic) bond motifs is 1. The van der Waals surface area contributed by atoms with Gasteiger partial charge in [0.1, 0.15) is 15.7 Å². The predicted octanol–water partition coefficient (Wildman–Crippen LogP) is 6.29. The van der Waals surface area contributed by atoms with Crippen molar-refractivity contribution in [1.29, 1.82) is 0 Å². The number of rotatable bonds is 7. The van der Waals surface area contributed by atoms with Gasteiger partial charge in [0.2, 0.25) is 0 Å². The number of carbonyl (C=O) groups excluding carboxylic acids is 1. The number of anilines is 1. The molecule has 32 heavy (non-hydrogen) atoms. The van der Waals surface area contributed by atoms with Gasteiger partial charge in [-0.25, -0.2) is 0 Å². The zero-order valence-electron chi connectivity index (χ0n) is 19.0. The molecule has 0 saturated carbocycles. The van der Waals surface area contributed by atoms with Gasteiger partial charge in [-0.3, -0.25) is 14.7 Å². The number of carbonyl (C=O) groups is 1. The highest BCUT2D eigenvalue weighted by atomic mass is 32.2. The molecule has 2 heterocycles. The van der Waals surface area contributed by atoms with Crippen LogP contribution in [0.15, 0.2) is 68.4 Å². The summed E-state index contributed by atoms with van der Waals surface area (Å²) in [6.07, 6.45) is 1.98. The lowest BCUT2D eigenvalue weighted by Gasteiger charge is -2.19. The van der Waals surface area contributed by atoms with E-state index in [1.54, 1.807) is 18.9 Å². The van der Waals surface area contributed by atoms with Crippen LogP contribution in [0.25, 0.3) is 0 Å². The van der Waals surface area contributed by atoms with Crippen LogP contribution in [0.1, 0.15) is 45.2 Å². The summed E-state index contributed by atoms with van der Waals surface area (Å²) in [5, 5.41) is 1.79. The molecule has 2 aliphatic heterocycles. The Morgan fingerprint density at radius 3 is 2.53 bits per heavy atom. The number of thioether (sulfide) groups is 2. The van der Waals surface area contributed by atoms with Gasteiger partial charge in [-0.15, -0.1) is 0 Å². The largest absolute Gasteiger partial charge is 0.497 e. The molecule has 0 aromatic heterocycles. The molecule has 5 nitrogen and oxygen atoms in total. The molecule has 0 radical (unpaired) electrons. The fourth-order valence-electron chi connectivity index (χ4n) is 3.79. The maximum Gasteiger partial charge on any atom is 0.269 e. The number of hydrogen-bond donors (Lipinski definition) is 0. The standard InChI is InChI=1S/C25H29N3O2S2/c1-5-7-15-28-23(29)22(32-25(28)26-17(3)18-11-9-8-10-12-18)24-27(6-2)20-16-19(30-4)13-14-21(20)31-24/h8-14,16-17H,5-7,15H2,1-4H3/b24-22-,26-25?/t17-/m0/s1. The summed E-state index contributed by atoms with van der Waals surface area (Å²) in [5.74, 6) is 0.881. The van der Waals surface area contributed by atoms with Gasteiger partial charge in [0, 0.05) is 24.1 Å². The number of unbranched alkanes of at least 4 members (excludes halogenated alkanes) is 1.